The molecule has 0 radical (unpaired) electrons. The maximum Gasteiger partial charge on any atom is 0.336 e. The molecule has 1 aromatic carbocycles. The summed E-state index contributed by atoms with van der Waals surface area (Å²) in [6.45, 7) is 5.71. The van der Waals surface area contributed by atoms with Gasteiger partial charge in [0.15, 0.2) is 0 Å². The van der Waals surface area contributed by atoms with Crippen LogP contribution in [0.4, 0.5) is 0 Å². The molecule has 1 aliphatic rings. The molecule has 0 saturated carbocycles. The van der Waals surface area contributed by atoms with Crippen molar-refractivity contribution < 1.29 is 9.90 Å². The maximum absolute atomic E-state index is 11.3. The van der Waals surface area contributed by atoms with Crippen molar-refractivity contribution in [1.82, 2.24) is 14.7 Å². The molecule has 2 heterocycles. The summed E-state index contributed by atoms with van der Waals surface area (Å²) in [5.74, 6) is -0.274. The van der Waals surface area contributed by atoms with Crippen LogP contribution in [0.3, 0.4) is 0 Å². The Balaban J connectivity index is 1.60. The molecule has 1 saturated heterocycles. The van der Waals surface area contributed by atoms with Crippen LogP contribution in [-0.4, -0.2) is 38.8 Å². The van der Waals surface area contributed by atoms with Crippen molar-refractivity contribution in [3.05, 3.63) is 53.3 Å². The zero-order valence-electron chi connectivity index (χ0n) is 13.5. The molecule has 0 atom stereocenters. The highest BCUT2D eigenvalue weighted by atomic mass is 16.4. The van der Waals surface area contributed by atoms with Crippen LogP contribution in [0.15, 0.2) is 36.7 Å². The maximum atomic E-state index is 11.3. The zero-order valence-corrected chi connectivity index (χ0v) is 13.5. The molecular weight excluding hydrogens is 290 g/mol. The van der Waals surface area contributed by atoms with Crippen LogP contribution in [0.2, 0.25) is 0 Å². The number of hydrogen-bond acceptors (Lipinski definition) is 3. The molecule has 23 heavy (non-hydrogen) atoms. The van der Waals surface area contributed by atoms with Gasteiger partial charge in [0.25, 0.3) is 0 Å². The highest BCUT2D eigenvalue weighted by molar-refractivity contribution is 5.89. The minimum Gasteiger partial charge on any atom is -0.478 e. The quantitative estimate of drug-likeness (QED) is 0.922. The Morgan fingerprint density at radius 2 is 2.04 bits per heavy atom. The highest BCUT2D eigenvalue weighted by Gasteiger charge is 2.22. The van der Waals surface area contributed by atoms with Gasteiger partial charge >= 0.3 is 5.97 Å². The van der Waals surface area contributed by atoms with E-state index in [1.54, 1.807) is 12.1 Å². The Labute approximate surface area is 136 Å². The van der Waals surface area contributed by atoms with Crippen molar-refractivity contribution in [2.45, 2.75) is 38.8 Å². The monoisotopic (exact) mass is 313 g/mol. The van der Waals surface area contributed by atoms with Crippen LogP contribution in [-0.2, 0) is 13.1 Å². The van der Waals surface area contributed by atoms with Gasteiger partial charge in [0, 0.05) is 19.3 Å². The average molecular weight is 313 g/mol. The van der Waals surface area contributed by atoms with Gasteiger partial charge < -0.3 is 5.11 Å². The number of piperidine rings is 1. The first-order valence-electron chi connectivity index (χ1n) is 8.23. The van der Waals surface area contributed by atoms with Gasteiger partial charge in [0.2, 0.25) is 0 Å². The average Bonchev–Trinajstić information content (AvgIpc) is 3.05. The fourth-order valence-corrected chi connectivity index (χ4v) is 3.30. The molecule has 0 amide bonds. The molecule has 0 spiro atoms. The number of aryl methyl sites for hydroxylation is 1. The Hall–Kier alpha value is -2.14. The fourth-order valence-electron chi connectivity index (χ4n) is 3.30. The summed E-state index contributed by atoms with van der Waals surface area (Å²) in [5.41, 5.74) is 2.65. The van der Waals surface area contributed by atoms with Crippen LogP contribution >= 0.6 is 0 Å². The molecule has 1 N–H and O–H groups in total. The summed E-state index contributed by atoms with van der Waals surface area (Å²) in [6, 6.07) is 7.29. The van der Waals surface area contributed by atoms with Crippen molar-refractivity contribution in [3.63, 3.8) is 0 Å². The first kappa shape index (κ1) is 15.7. The van der Waals surface area contributed by atoms with E-state index in [0.29, 0.717) is 18.0 Å². The van der Waals surface area contributed by atoms with Crippen molar-refractivity contribution in [2.75, 3.05) is 13.1 Å². The van der Waals surface area contributed by atoms with E-state index in [1.807, 2.05) is 23.0 Å². The van der Waals surface area contributed by atoms with E-state index in [2.05, 4.69) is 23.1 Å². The van der Waals surface area contributed by atoms with Gasteiger partial charge in [0.1, 0.15) is 0 Å². The predicted octanol–water partition coefficient (Wildman–Crippen LogP) is 2.98. The van der Waals surface area contributed by atoms with Gasteiger partial charge in [-0.15, -0.1) is 0 Å². The molecule has 0 unspecified atom stereocenters. The standard InChI is InChI=1S/C18H23N3O2/c1-2-21-13-16(11-19-21)14-7-9-20(10-8-14)12-15-5-3-4-6-17(15)18(22)23/h3-6,11,13-14H,2,7-10,12H2,1H3,(H,22,23). The third kappa shape index (κ3) is 3.62. The largest absolute Gasteiger partial charge is 0.478 e. The predicted molar refractivity (Wildman–Crippen MR) is 88.6 cm³/mol. The summed E-state index contributed by atoms with van der Waals surface area (Å²) in [7, 11) is 0. The molecule has 5 nitrogen and oxygen atoms in total. The number of carboxylic acid groups (broad SMARTS) is 1. The molecule has 3 rings (SSSR count). The second-order valence-electron chi connectivity index (χ2n) is 6.14. The number of benzene rings is 1. The smallest absolute Gasteiger partial charge is 0.336 e. The van der Waals surface area contributed by atoms with E-state index in [9.17, 15) is 9.90 Å². The Morgan fingerprint density at radius 1 is 1.30 bits per heavy atom. The summed E-state index contributed by atoms with van der Waals surface area (Å²) in [4.78, 5) is 13.7. The SMILES string of the molecule is CCn1cc(C2CCN(Cc3ccccc3C(=O)O)CC2)cn1. The number of hydrogen-bond donors (Lipinski definition) is 1. The van der Waals surface area contributed by atoms with Crippen LogP contribution in [0.1, 0.15) is 47.2 Å². The number of aromatic carboxylic acids is 1. The molecule has 1 aromatic heterocycles. The van der Waals surface area contributed by atoms with Crippen molar-refractivity contribution >= 4 is 5.97 Å². The normalized spacial score (nSPS) is 16.6. The third-order valence-electron chi connectivity index (χ3n) is 4.68. The topological polar surface area (TPSA) is 58.4 Å². The molecule has 1 fully saturated rings. The zero-order chi connectivity index (χ0) is 16.2. The van der Waals surface area contributed by atoms with E-state index in [4.69, 9.17) is 0 Å². The number of carbonyl (C=O) groups is 1. The lowest BCUT2D eigenvalue weighted by Gasteiger charge is -2.31. The van der Waals surface area contributed by atoms with E-state index < -0.39 is 5.97 Å². The van der Waals surface area contributed by atoms with Crippen LogP contribution in [0.5, 0.6) is 0 Å². The lowest BCUT2D eigenvalue weighted by molar-refractivity contribution is 0.0694. The second-order valence-corrected chi connectivity index (χ2v) is 6.14. The molecule has 5 heteroatoms. The number of likely N-dealkylation sites (tertiary alicyclic amines) is 1. The van der Waals surface area contributed by atoms with E-state index in [1.165, 1.54) is 5.56 Å². The minimum atomic E-state index is -0.845. The van der Waals surface area contributed by atoms with Crippen LogP contribution in [0, 0.1) is 0 Å². The van der Waals surface area contributed by atoms with Gasteiger partial charge in [0.05, 0.1) is 11.8 Å². The lowest BCUT2D eigenvalue weighted by Crippen LogP contribution is -2.32. The molecular formula is C18H23N3O2. The van der Waals surface area contributed by atoms with E-state index >= 15 is 0 Å². The lowest BCUT2D eigenvalue weighted by atomic mass is 9.91. The van der Waals surface area contributed by atoms with Gasteiger partial charge in [-0.05, 0) is 56.0 Å². The molecule has 1 aliphatic heterocycles. The first-order chi connectivity index (χ1) is 11.2. The first-order valence-corrected chi connectivity index (χ1v) is 8.23. The Bertz CT molecular complexity index is 672. The second kappa shape index (κ2) is 6.96. The van der Waals surface area contributed by atoms with E-state index in [0.717, 1.165) is 38.0 Å². The van der Waals surface area contributed by atoms with Gasteiger partial charge in [-0.1, -0.05) is 18.2 Å². The summed E-state index contributed by atoms with van der Waals surface area (Å²) < 4.78 is 1.98. The van der Waals surface area contributed by atoms with Crippen LogP contribution < -0.4 is 0 Å². The van der Waals surface area contributed by atoms with E-state index in [-0.39, 0.29) is 0 Å². The molecule has 2 aromatic rings. The summed E-state index contributed by atoms with van der Waals surface area (Å²) in [6.07, 6.45) is 6.35. The summed E-state index contributed by atoms with van der Waals surface area (Å²) >= 11 is 0. The number of carboxylic acids is 1. The van der Waals surface area contributed by atoms with Gasteiger partial charge in [-0.25, -0.2) is 4.79 Å². The molecule has 0 aliphatic carbocycles. The van der Waals surface area contributed by atoms with Crippen molar-refractivity contribution in [3.8, 4) is 0 Å². The van der Waals surface area contributed by atoms with Crippen molar-refractivity contribution in [1.29, 1.82) is 0 Å². The molecule has 122 valence electrons. The summed E-state index contributed by atoms with van der Waals surface area (Å²) in [5, 5.41) is 13.6. The van der Waals surface area contributed by atoms with Gasteiger partial charge in [-0.2, -0.15) is 5.10 Å². The number of aromatic nitrogens is 2. The third-order valence-corrected chi connectivity index (χ3v) is 4.68. The highest BCUT2D eigenvalue weighted by Crippen LogP contribution is 2.28. The van der Waals surface area contributed by atoms with Gasteiger partial charge in [-0.3, -0.25) is 9.58 Å². The van der Waals surface area contributed by atoms with Crippen LogP contribution in [0.25, 0.3) is 0 Å². The molecule has 0 bridgehead atoms. The number of nitrogens with zero attached hydrogens (tertiary/aromatic N) is 3. The fraction of sp³-hybridized carbons (Fsp3) is 0.444. The Kier molecular flexibility index (Phi) is 4.76. The Morgan fingerprint density at radius 3 is 2.70 bits per heavy atom. The number of rotatable bonds is 5. The minimum absolute atomic E-state index is 0.416. The van der Waals surface area contributed by atoms with Crippen molar-refractivity contribution in [2.24, 2.45) is 0 Å².